The molecule has 0 amide bonds. The number of methoxy groups -OCH3 is 1. The minimum atomic E-state index is -3.68. The van der Waals surface area contributed by atoms with Crippen molar-refractivity contribution in [1.82, 2.24) is 20.2 Å². The van der Waals surface area contributed by atoms with E-state index in [4.69, 9.17) is 20.9 Å². The first-order chi connectivity index (χ1) is 11.9. The Bertz CT molecular complexity index is 814. The van der Waals surface area contributed by atoms with Gasteiger partial charge in [0.15, 0.2) is 5.82 Å². The lowest BCUT2D eigenvalue weighted by Crippen LogP contribution is -2.27. The van der Waals surface area contributed by atoms with Gasteiger partial charge in [0.1, 0.15) is 0 Å². The van der Waals surface area contributed by atoms with Gasteiger partial charge in [-0.2, -0.15) is 4.98 Å². The fraction of sp³-hybridized carbons (Fsp3) is 0.467. The normalized spacial score (nSPS) is 12.6. The van der Waals surface area contributed by atoms with E-state index in [9.17, 15) is 8.42 Å². The molecule has 8 nitrogen and oxygen atoms in total. The van der Waals surface area contributed by atoms with E-state index in [0.29, 0.717) is 22.8 Å². The fourth-order valence-electron chi connectivity index (χ4n) is 2.02. The Labute approximate surface area is 164 Å². The lowest BCUT2D eigenvalue weighted by molar-refractivity contribution is 0.204. The first-order valence-electron chi connectivity index (χ1n) is 7.65. The van der Waals surface area contributed by atoms with Gasteiger partial charge in [0.05, 0.1) is 22.1 Å². The van der Waals surface area contributed by atoms with Crippen LogP contribution in [0.25, 0.3) is 11.5 Å². The van der Waals surface area contributed by atoms with Gasteiger partial charge in [0.25, 0.3) is 5.89 Å². The van der Waals surface area contributed by atoms with Crippen molar-refractivity contribution >= 4 is 34.0 Å². The monoisotopic (exact) mass is 424 g/mol. The summed E-state index contributed by atoms with van der Waals surface area (Å²) in [5.41, 5.74) is 0.368. The number of hydrogen-bond donors (Lipinski definition) is 2. The van der Waals surface area contributed by atoms with Crippen LogP contribution in [-0.4, -0.2) is 51.9 Å². The number of hydrogen-bond acceptors (Lipinski definition) is 7. The number of sulfonamides is 1. The van der Waals surface area contributed by atoms with Crippen LogP contribution >= 0.6 is 24.0 Å². The Morgan fingerprint density at radius 2 is 2.12 bits per heavy atom. The van der Waals surface area contributed by atoms with Crippen LogP contribution in [0, 0.1) is 0 Å². The topological polar surface area (TPSA) is 106 Å². The molecule has 1 aromatic heterocycles. The highest BCUT2D eigenvalue weighted by molar-refractivity contribution is 7.89. The number of nitrogens with zero attached hydrogens (tertiary/aromatic N) is 2. The predicted octanol–water partition coefficient (Wildman–Crippen LogP) is 1.89. The van der Waals surface area contributed by atoms with E-state index in [-0.39, 0.29) is 42.4 Å². The number of aromatic nitrogens is 2. The molecular formula is C15H22Cl2N4O4S. The maximum absolute atomic E-state index is 12.3. The molecule has 0 saturated heterocycles. The van der Waals surface area contributed by atoms with Crippen molar-refractivity contribution in [2.24, 2.45) is 0 Å². The Kier molecular flexibility index (Phi) is 8.94. The van der Waals surface area contributed by atoms with E-state index < -0.39 is 10.0 Å². The summed E-state index contributed by atoms with van der Waals surface area (Å²) in [5, 5.41) is 7.32. The lowest BCUT2D eigenvalue weighted by atomic mass is 10.2. The summed E-state index contributed by atoms with van der Waals surface area (Å²) >= 11 is 6.17. The van der Waals surface area contributed by atoms with Crippen LogP contribution in [-0.2, 0) is 21.2 Å². The molecule has 0 radical (unpaired) electrons. The third-order valence-electron chi connectivity index (χ3n) is 3.53. The molecule has 0 fully saturated rings. The lowest BCUT2D eigenvalue weighted by Gasteiger charge is -2.08. The van der Waals surface area contributed by atoms with Gasteiger partial charge in [-0.3, -0.25) is 0 Å². The van der Waals surface area contributed by atoms with E-state index in [1.807, 2.05) is 14.0 Å². The minimum Gasteiger partial charge on any atom is -0.383 e. The van der Waals surface area contributed by atoms with Crippen molar-refractivity contribution in [1.29, 1.82) is 0 Å². The highest BCUT2D eigenvalue weighted by atomic mass is 35.5. The van der Waals surface area contributed by atoms with Crippen molar-refractivity contribution in [3.63, 3.8) is 0 Å². The highest BCUT2D eigenvalue weighted by Gasteiger charge is 2.19. The average molecular weight is 425 g/mol. The summed E-state index contributed by atoms with van der Waals surface area (Å²) in [4.78, 5) is 4.35. The van der Waals surface area contributed by atoms with Crippen LogP contribution < -0.4 is 10.0 Å². The van der Waals surface area contributed by atoms with E-state index in [1.54, 1.807) is 0 Å². The molecule has 2 aromatic rings. The molecule has 0 aliphatic rings. The molecule has 0 aliphatic heterocycles. The van der Waals surface area contributed by atoms with Crippen molar-refractivity contribution in [2.45, 2.75) is 24.3 Å². The van der Waals surface area contributed by atoms with E-state index in [2.05, 4.69) is 20.2 Å². The second kappa shape index (κ2) is 10.2. The molecule has 0 aliphatic carbocycles. The Hall–Kier alpha value is -1.23. The highest BCUT2D eigenvalue weighted by Crippen LogP contribution is 2.29. The summed E-state index contributed by atoms with van der Waals surface area (Å²) in [7, 11) is -0.347. The van der Waals surface area contributed by atoms with Crippen molar-refractivity contribution in [3.05, 3.63) is 29.0 Å². The fourth-order valence-corrected chi connectivity index (χ4v) is 3.26. The summed E-state index contributed by atoms with van der Waals surface area (Å²) in [6, 6.07) is 4.50. The zero-order chi connectivity index (χ0) is 18.4. The SMILES string of the molecule is CNC(C)Cc1noc(-c2cc(S(=O)(=O)NCCOC)ccc2Cl)n1.Cl. The molecule has 0 bridgehead atoms. The van der Waals surface area contributed by atoms with Crippen LogP contribution in [0.2, 0.25) is 5.02 Å². The van der Waals surface area contributed by atoms with Gasteiger partial charge in [-0.05, 0) is 32.2 Å². The molecule has 1 aromatic carbocycles. The molecule has 0 spiro atoms. The van der Waals surface area contributed by atoms with Crippen molar-refractivity contribution in [3.8, 4) is 11.5 Å². The van der Waals surface area contributed by atoms with Gasteiger partial charge in [0.2, 0.25) is 10.0 Å². The van der Waals surface area contributed by atoms with E-state index in [0.717, 1.165) is 0 Å². The molecule has 26 heavy (non-hydrogen) atoms. The van der Waals surface area contributed by atoms with Crippen LogP contribution in [0.1, 0.15) is 12.7 Å². The molecule has 146 valence electrons. The van der Waals surface area contributed by atoms with Crippen molar-refractivity contribution < 1.29 is 17.7 Å². The van der Waals surface area contributed by atoms with Gasteiger partial charge in [-0.15, -0.1) is 12.4 Å². The third kappa shape index (κ3) is 5.90. The van der Waals surface area contributed by atoms with Gasteiger partial charge in [-0.25, -0.2) is 13.1 Å². The average Bonchev–Trinajstić information content (AvgIpc) is 3.03. The quantitative estimate of drug-likeness (QED) is 0.591. The Balaban J connectivity index is 0.00000338. The maximum Gasteiger partial charge on any atom is 0.259 e. The third-order valence-corrected chi connectivity index (χ3v) is 5.31. The van der Waals surface area contributed by atoms with E-state index >= 15 is 0 Å². The molecule has 1 unspecified atom stereocenters. The van der Waals surface area contributed by atoms with Crippen molar-refractivity contribution in [2.75, 3.05) is 27.3 Å². The predicted molar refractivity (Wildman–Crippen MR) is 101 cm³/mol. The van der Waals surface area contributed by atoms with Gasteiger partial charge in [0, 0.05) is 26.1 Å². The van der Waals surface area contributed by atoms with Gasteiger partial charge < -0.3 is 14.6 Å². The smallest absolute Gasteiger partial charge is 0.259 e. The summed E-state index contributed by atoms with van der Waals surface area (Å²) < 4.78 is 37.1. The van der Waals surface area contributed by atoms with E-state index in [1.165, 1.54) is 25.3 Å². The molecular weight excluding hydrogens is 403 g/mol. The second-order valence-corrected chi connectivity index (χ2v) is 7.62. The summed E-state index contributed by atoms with van der Waals surface area (Å²) in [5.74, 6) is 0.691. The summed E-state index contributed by atoms with van der Waals surface area (Å²) in [6.45, 7) is 2.43. The molecule has 0 saturated carbocycles. The zero-order valence-corrected chi connectivity index (χ0v) is 17.0. The van der Waals surface area contributed by atoms with Gasteiger partial charge >= 0.3 is 0 Å². The molecule has 1 atom stereocenters. The van der Waals surface area contributed by atoms with Crippen LogP contribution in [0.3, 0.4) is 0 Å². The molecule has 2 N–H and O–H groups in total. The number of likely N-dealkylation sites (N-methyl/N-ethyl adjacent to an activating group) is 1. The first kappa shape index (κ1) is 22.8. The molecule has 1 heterocycles. The maximum atomic E-state index is 12.3. The first-order valence-corrected chi connectivity index (χ1v) is 9.52. The van der Waals surface area contributed by atoms with Crippen LogP contribution in [0.5, 0.6) is 0 Å². The zero-order valence-electron chi connectivity index (χ0n) is 14.7. The minimum absolute atomic E-state index is 0. The molecule has 11 heteroatoms. The Morgan fingerprint density at radius 1 is 1.38 bits per heavy atom. The standard InChI is InChI=1S/C15H21ClN4O4S.ClH/c1-10(17-2)8-14-19-15(24-20-14)12-9-11(4-5-13(12)16)25(21,22)18-6-7-23-3;/h4-5,9-10,17-18H,6-8H2,1-3H3;1H. The number of benzene rings is 1. The molecule has 2 rings (SSSR count). The van der Waals surface area contributed by atoms with Crippen LogP contribution in [0.4, 0.5) is 0 Å². The Morgan fingerprint density at radius 3 is 2.77 bits per heavy atom. The van der Waals surface area contributed by atoms with Crippen LogP contribution in [0.15, 0.2) is 27.6 Å². The number of halogens is 2. The summed E-state index contributed by atoms with van der Waals surface area (Å²) in [6.07, 6.45) is 0.578. The largest absolute Gasteiger partial charge is 0.383 e. The number of ether oxygens (including phenoxy) is 1. The number of nitrogens with one attached hydrogen (secondary N) is 2. The second-order valence-electron chi connectivity index (χ2n) is 5.44. The van der Waals surface area contributed by atoms with Gasteiger partial charge in [-0.1, -0.05) is 16.8 Å². The number of rotatable bonds is 9.